The summed E-state index contributed by atoms with van der Waals surface area (Å²) in [5.41, 5.74) is 0. The molecule has 0 bridgehead atoms. The Balaban J connectivity index is 1.92. The summed E-state index contributed by atoms with van der Waals surface area (Å²) >= 11 is 1.33. The van der Waals surface area contributed by atoms with Gasteiger partial charge in [0.15, 0.2) is 0 Å². The number of nitrogens with one attached hydrogen (secondary N) is 2. The molecule has 1 amide bonds. The highest BCUT2D eigenvalue weighted by molar-refractivity contribution is 7.17. The fourth-order valence-electron chi connectivity index (χ4n) is 2.63. The minimum atomic E-state index is -0.0852. The highest BCUT2D eigenvalue weighted by Gasteiger charge is 2.29. The van der Waals surface area contributed by atoms with Gasteiger partial charge in [-0.15, -0.1) is 10.2 Å². The molecule has 2 rings (SSSR count). The zero-order chi connectivity index (χ0) is 14.5. The number of amides is 1. The van der Waals surface area contributed by atoms with Crippen LogP contribution in [0.3, 0.4) is 0 Å². The van der Waals surface area contributed by atoms with Gasteiger partial charge in [-0.2, -0.15) is 0 Å². The second-order valence-corrected chi connectivity index (χ2v) is 6.66. The summed E-state index contributed by atoms with van der Waals surface area (Å²) in [7, 11) is 0. The van der Waals surface area contributed by atoms with Gasteiger partial charge < -0.3 is 10.6 Å². The van der Waals surface area contributed by atoms with Gasteiger partial charge in [-0.1, -0.05) is 44.9 Å². The Morgan fingerprint density at radius 3 is 2.90 bits per heavy atom. The Morgan fingerprint density at radius 2 is 2.15 bits per heavy atom. The van der Waals surface area contributed by atoms with Crippen LogP contribution in [-0.4, -0.2) is 28.7 Å². The van der Waals surface area contributed by atoms with E-state index in [0.717, 1.165) is 24.5 Å². The minimum Gasteiger partial charge on any atom is -0.360 e. The highest BCUT2D eigenvalue weighted by Crippen LogP contribution is 2.29. The minimum absolute atomic E-state index is 0.0852. The van der Waals surface area contributed by atoms with Gasteiger partial charge >= 0.3 is 0 Å². The molecule has 1 aromatic rings. The van der Waals surface area contributed by atoms with Crippen LogP contribution in [0, 0.1) is 11.8 Å². The molecule has 0 aliphatic heterocycles. The van der Waals surface area contributed by atoms with Gasteiger partial charge in [-0.25, -0.2) is 0 Å². The number of nitrogens with zero attached hydrogens (tertiary/aromatic N) is 2. The maximum absolute atomic E-state index is 12.2. The molecule has 112 valence electrons. The van der Waals surface area contributed by atoms with Crippen molar-refractivity contribution < 1.29 is 4.79 Å². The summed E-state index contributed by atoms with van der Waals surface area (Å²) in [6.45, 7) is 7.44. The molecule has 3 atom stereocenters. The van der Waals surface area contributed by atoms with E-state index in [1.807, 2.05) is 0 Å². The van der Waals surface area contributed by atoms with Crippen LogP contribution in [0.2, 0.25) is 0 Å². The van der Waals surface area contributed by atoms with Gasteiger partial charge in [0, 0.05) is 12.6 Å². The SMILES string of the molecule is CCCNc1nnc(C(=O)NC2CCCC(C)C2C)s1. The van der Waals surface area contributed by atoms with E-state index in [1.54, 1.807) is 0 Å². The van der Waals surface area contributed by atoms with Crippen molar-refractivity contribution in [2.45, 2.75) is 52.5 Å². The van der Waals surface area contributed by atoms with E-state index >= 15 is 0 Å². The average Bonchev–Trinajstić information content (AvgIpc) is 2.90. The predicted octanol–water partition coefficient (Wildman–Crippen LogP) is 2.91. The van der Waals surface area contributed by atoms with Crippen LogP contribution in [0.4, 0.5) is 5.13 Å². The number of carbonyl (C=O) groups excluding carboxylic acids is 1. The third-order valence-corrected chi connectivity index (χ3v) is 5.05. The van der Waals surface area contributed by atoms with Gasteiger partial charge in [-0.3, -0.25) is 4.79 Å². The lowest BCUT2D eigenvalue weighted by Crippen LogP contribution is -2.43. The summed E-state index contributed by atoms with van der Waals surface area (Å²) < 4.78 is 0. The molecule has 3 unspecified atom stereocenters. The molecular weight excluding hydrogens is 272 g/mol. The monoisotopic (exact) mass is 296 g/mol. The predicted molar refractivity (Wildman–Crippen MR) is 82.1 cm³/mol. The molecule has 1 heterocycles. The lowest BCUT2D eigenvalue weighted by atomic mass is 9.78. The molecule has 1 saturated carbocycles. The normalized spacial score (nSPS) is 26.2. The Labute approximate surface area is 124 Å². The Kier molecular flexibility index (Phi) is 5.34. The fraction of sp³-hybridized carbons (Fsp3) is 0.786. The molecule has 1 aliphatic carbocycles. The summed E-state index contributed by atoms with van der Waals surface area (Å²) in [6, 6.07) is 0.266. The largest absolute Gasteiger partial charge is 0.360 e. The average molecular weight is 296 g/mol. The van der Waals surface area contributed by atoms with E-state index in [1.165, 1.54) is 24.2 Å². The van der Waals surface area contributed by atoms with Crippen LogP contribution in [0.25, 0.3) is 0 Å². The maximum atomic E-state index is 12.2. The number of aromatic nitrogens is 2. The number of rotatable bonds is 5. The van der Waals surface area contributed by atoms with Crippen LogP contribution in [0.15, 0.2) is 0 Å². The molecule has 1 aliphatic rings. The third kappa shape index (κ3) is 3.69. The number of anilines is 1. The van der Waals surface area contributed by atoms with E-state index in [0.29, 0.717) is 16.8 Å². The van der Waals surface area contributed by atoms with E-state index in [2.05, 4.69) is 41.6 Å². The second-order valence-electron chi connectivity index (χ2n) is 5.69. The zero-order valence-corrected chi connectivity index (χ0v) is 13.3. The van der Waals surface area contributed by atoms with E-state index in [-0.39, 0.29) is 11.9 Å². The number of hydrogen-bond acceptors (Lipinski definition) is 5. The number of hydrogen-bond donors (Lipinski definition) is 2. The molecule has 6 heteroatoms. The fourth-order valence-corrected chi connectivity index (χ4v) is 3.31. The molecule has 1 aromatic heterocycles. The molecule has 0 aromatic carbocycles. The lowest BCUT2D eigenvalue weighted by Gasteiger charge is -2.34. The van der Waals surface area contributed by atoms with Crippen LogP contribution in [0.1, 0.15) is 56.3 Å². The first kappa shape index (κ1) is 15.2. The molecule has 0 radical (unpaired) electrons. The lowest BCUT2D eigenvalue weighted by molar-refractivity contribution is 0.0890. The van der Waals surface area contributed by atoms with Crippen molar-refractivity contribution in [1.82, 2.24) is 15.5 Å². The van der Waals surface area contributed by atoms with Crippen molar-refractivity contribution >= 4 is 22.4 Å². The maximum Gasteiger partial charge on any atom is 0.282 e. The molecule has 0 spiro atoms. The van der Waals surface area contributed by atoms with Crippen molar-refractivity contribution in [3.63, 3.8) is 0 Å². The summed E-state index contributed by atoms with van der Waals surface area (Å²) in [5.74, 6) is 1.11. The van der Waals surface area contributed by atoms with Gasteiger partial charge in [0.2, 0.25) is 10.1 Å². The summed E-state index contributed by atoms with van der Waals surface area (Å²) in [6.07, 6.45) is 4.54. The van der Waals surface area contributed by atoms with Crippen LogP contribution in [0.5, 0.6) is 0 Å². The van der Waals surface area contributed by atoms with Crippen molar-refractivity contribution in [3.8, 4) is 0 Å². The first-order valence-electron chi connectivity index (χ1n) is 7.50. The van der Waals surface area contributed by atoms with Crippen molar-refractivity contribution in [2.24, 2.45) is 11.8 Å². The molecule has 0 saturated heterocycles. The van der Waals surface area contributed by atoms with E-state index < -0.39 is 0 Å². The smallest absolute Gasteiger partial charge is 0.282 e. The molecule has 1 fully saturated rings. The van der Waals surface area contributed by atoms with Crippen molar-refractivity contribution in [2.75, 3.05) is 11.9 Å². The molecule has 2 N–H and O–H groups in total. The standard InChI is InChI=1S/C14H24N4OS/c1-4-8-15-14-18-17-13(20-14)12(19)16-11-7-5-6-9(2)10(11)3/h9-11H,4-8H2,1-3H3,(H,15,18)(H,16,19). The van der Waals surface area contributed by atoms with Crippen LogP contribution < -0.4 is 10.6 Å². The first-order valence-corrected chi connectivity index (χ1v) is 8.31. The quantitative estimate of drug-likeness (QED) is 0.876. The van der Waals surface area contributed by atoms with Crippen molar-refractivity contribution in [1.29, 1.82) is 0 Å². The van der Waals surface area contributed by atoms with Crippen LogP contribution >= 0.6 is 11.3 Å². The molecular formula is C14H24N4OS. The van der Waals surface area contributed by atoms with Crippen molar-refractivity contribution in [3.05, 3.63) is 5.01 Å². The zero-order valence-electron chi connectivity index (χ0n) is 12.5. The number of carbonyl (C=O) groups is 1. The van der Waals surface area contributed by atoms with E-state index in [4.69, 9.17) is 0 Å². The van der Waals surface area contributed by atoms with Gasteiger partial charge in [0.05, 0.1) is 0 Å². The van der Waals surface area contributed by atoms with E-state index in [9.17, 15) is 4.79 Å². The topological polar surface area (TPSA) is 66.9 Å². The van der Waals surface area contributed by atoms with Gasteiger partial charge in [0.25, 0.3) is 5.91 Å². The second kappa shape index (κ2) is 7.02. The Hall–Kier alpha value is -1.17. The van der Waals surface area contributed by atoms with Gasteiger partial charge in [-0.05, 0) is 24.7 Å². The Morgan fingerprint density at radius 1 is 1.35 bits per heavy atom. The third-order valence-electron chi connectivity index (χ3n) is 4.17. The summed E-state index contributed by atoms with van der Waals surface area (Å²) in [4.78, 5) is 12.2. The molecule has 20 heavy (non-hydrogen) atoms. The molecule has 5 nitrogen and oxygen atoms in total. The van der Waals surface area contributed by atoms with Gasteiger partial charge in [0.1, 0.15) is 0 Å². The highest BCUT2D eigenvalue weighted by atomic mass is 32.1. The summed E-state index contributed by atoms with van der Waals surface area (Å²) in [5, 5.41) is 15.4. The van der Waals surface area contributed by atoms with Crippen LogP contribution in [-0.2, 0) is 0 Å². The first-order chi connectivity index (χ1) is 9.61. The Bertz CT molecular complexity index is 448.